The quantitative estimate of drug-likeness (QED) is 0.808. The van der Waals surface area contributed by atoms with Gasteiger partial charge in [-0.2, -0.15) is 0 Å². The van der Waals surface area contributed by atoms with E-state index in [-0.39, 0.29) is 18.1 Å². The first kappa shape index (κ1) is 16.6. The van der Waals surface area contributed by atoms with Crippen molar-refractivity contribution >= 4 is 6.03 Å². The normalized spacial score (nSPS) is 16.8. The van der Waals surface area contributed by atoms with Crippen LogP contribution in [0.1, 0.15) is 55.0 Å². The molecule has 0 bridgehead atoms. The standard InChI is InChI=1S/C21H26N2O/c1-15-9-6-7-14-19(15)16(2)22-21(24)23-20(18-12-8-13-18)17-10-4-3-5-11-17/h3-7,9-11,14,16,18,20H,8,12-13H2,1-2H3,(H2,22,23,24). The Morgan fingerprint density at radius 3 is 2.29 bits per heavy atom. The number of hydrogen-bond donors (Lipinski definition) is 2. The summed E-state index contributed by atoms with van der Waals surface area (Å²) in [7, 11) is 0. The van der Waals surface area contributed by atoms with Gasteiger partial charge in [-0.1, -0.05) is 61.0 Å². The van der Waals surface area contributed by atoms with Crippen LogP contribution in [-0.4, -0.2) is 6.03 Å². The summed E-state index contributed by atoms with van der Waals surface area (Å²) in [6.45, 7) is 4.11. The molecule has 24 heavy (non-hydrogen) atoms. The molecule has 0 heterocycles. The van der Waals surface area contributed by atoms with Crippen molar-refractivity contribution in [1.82, 2.24) is 10.6 Å². The average molecular weight is 322 g/mol. The van der Waals surface area contributed by atoms with Crippen LogP contribution in [0.15, 0.2) is 54.6 Å². The summed E-state index contributed by atoms with van der Waals surface area (Å²) in [5, 5.41) is 6.30. The molecule has 2 N–H and O–H groups in total. The highest BCUT2D eigenvalue weighted by Crippen LogP contribution is 2.37. The molecule has 0 aromatic heterocycles. The molecule has 0 aliphatic heterocycles. The van der Waals surface area contributed by atoms with E-state index >= 15 is 0 Å². The van der Waals surface area contributed by atoms with Gasteiger partial charge in [-0.15, -0.1) is 0 Å². The predicted octanol–water partition coefficient (Wildman–Crippen LogP) is 4.90. The smallest absolute Gasteiger partial charge is 0.315 e. The van der Waals surface area contributed by atoms with Crippen LogP contribution >= 0.6 is 0 Å². The van der Waals surface area contributed by atoms with Gasteiger partial charge in [0, 0.05) is 0 Å². The molecule has 1 saturated carbocycles. The van der Waals surface area contributed by atoms with Gasteiger partial charge in [0.05, 0.1) is 12.1 Å². The van der Waals surface area contributed by atoms with Crippen molar-refractivity contribution in [3.63, 3.8) is 0 Å². The zero-order chi connectivity index (χ0) is 16.9. The van der Waals surface area contributed by atoms with Gasteiger partial charge in [0.1, 0.15) is 0 Å². The summed E-state index contributed by atoms with van der Waals surface area (Å²) in [6, 6.07) is 18.5. The Labute approximate surface area is 144 Å². The van der Waals surface area contributed by atoms with E-state index < -0.39 is 0 Å². The predicted molar refractivity (Wildman–Crippen MR) is 97.8 cm³/mol. The maximum atomic E-state index is 12.5. The van der Waals surface area contributed by atoms with Crippen LogP contribution in [0.5, 0.6) is 0 Å². The molecular formula is C21H26N2O. The highest BCUT2D eigenvalue weighted by molar-refractivity contribution is 5.75. The molecule has 3 heteroatoms. The third-order valence-corrected chi connectivity index (χ3v) is 5.07. The van der Waals surface area contributed by atoms with E-state index in [1.807, 2.05) is 37.3 Å². The van der Waals surface area contributed by atoms with Crippen molar-refractivity contribution in [2.24, 2.45) is 5.92 Å². The van der Waals surface area contributed by atoms with Crippen molar-refractivity contribution in [2.45, 2.75) is 45.2 Å². The Morgan fingerprint density at radius 2 is 1.67 bits per heavy atom. The van der Waals surface area contributed by atoms with Crippen LogP contribution in [0.2, 0.25) is 0 Å². The number of benzene rings is 2. The SMILES string of the molecule is Cc1ccccc1C(C)NC(=O)NC(c1ccccc1)C1CCC1. The monoisotopic (exact) mass is 322 g/mol. The lowest BCUT2D eigenvalue weighted by atomic mass is 9.77. The second-order valence-electron chi connectivity index (χ2n) is 6.78. The van der Waals surface area contributed by atoms with E-state index in [1.165, 1.54) is 30.4 Å². The largest absolute Gasteiger partial charge is 0.332 e. The minimum Gasteiger partial charge on any atom is -0.332 e. The third kappa shape index (κ3) is 3.78. The average Bonchev–Trinajstić information content (AvgIpc) is 2.53. The van der Waals surface area contributed by atoms with Gasteiger partial charge in [-0.25, -0.2) is 4.79 Å². The van der Waals surface area contributed by atoms with Gasteiger partial charge < -0.3 is 10.6 Å². The summed E-state index contributed by atoms with van der Waals surface area (Å²) in [4.78, 5) is 12.5. The van der Waals surface area contributed by atoms with Crippen LogP contribution < -0.4 is 10.6 Å². The van der Waals surface area contributed by atoms with Gasteiger partial charge in [-0.05, 0) is 49.3 Å². The zero-order valence-corrected chi connectivity index (χ0v) is 14.5. The van der Waals surface area contributed by atoms with E-state index in [0.29, 0.717) is 5.92 Å². The number of rotatable bonds is 5. The molecule has 126 valence electrons. The fourth-order valence-electron chi connectivity index (χ4n) is 3.44. The highest BCUT2D eigenvalue weighted by Gasteiger charge is 2.29. The number of hydrogen-bond acceptors (Lipinski definition) is 1. The third-order valence-electron chi connectivity index (χ3n) is 5.07. The molecule has 0 radical (unpaired) electrons. The molecular weight excluding hydrogens is 296 g/mol. The van der Waals surface area contributed by atoms with Crippen LogP contribution in [0.4, 0.5) is 4.79 Å². The van der Waals surface area contributed by atoms with Crippen LogP contribution in [0.3, 0.4) is 0 Å². The maximum absolute atomic E-state index is 12.5. The van der Waals surface area contributed by atoms with Crippen LogP contribution in [0, 0.1) is 12.8 Å². The molecule has 1 fully saturated rings. The Hall–Kier alpha value is -2.29. The Kier molecular flexibility index (Phi) is 5.19. The Morgan fingerprint density at radius 1 is 1.00 bits per heavy atom. The van der Waals surface area contributed by atoms with Crippen molar-refractivity contribution in [1.29, 1.82) is 0 Å². The minimum absolute atomic E-state index is 0.0102. The first-order valence-corrected chi connectivity index (χ1v) is 8.82. The van der Waals surface area contributed by atoms with E-state index in [4.69, 9.17) is 0 Å². The van der Waals surface area contributed by atoms with Crippen molar-refractivity contribution in [2.75, 3.05) is 0 Å². The van der Waals surface area contributed by atoms with E-state index in [1.54, 1.807) is 0 Å². The Balaban J connectivity index is 1.66. The highest BCUT2D eigenvalue weighted by atomic mass is 16.2. The summed E-state index contributed by atoms with van der Waals surface area (Å²) in [5.74, 6) is 0.548. The lowest BCUT2D eigenvalue weighted by Crippen LogP contribution is -2.43. The number of urea groups is 1. The summed E-state index contributed by atoms with van der Waals surface area (Å²) in [5.41, 5.74) is 3.55. The molecule has 3 rings (SSSR count). The number of amides is 2. The zero-order valence-electron chi connectivity index (χ0n) is 14.5. The van der Waals surface area contributed by atoms with Crippen molar-refractivity contribution in [3.8, 4) is 0 Å². The number of aryl methyl sites for hydroxylation is 1. The van der Waals surface area contributed by atoms with Gasteiger partial charge >= 0.3 is 6.03 Å². The molecule has 2 atom stereocenters. The van der Waals surface area contributed by atoms with Crippen molar-refractivity contribution < 1.29 is 4.79 Å². The molecule has 1 aliphatic rings. The number of nitrogens with one attached hydrogen (secondary N) is 2. The first-order chi connectivity index (χ1) is 11.6. The summed E-state index contributed by atoms with van der Waals surface area (Å²) >= 11 is 0. The maximum Gasteiger partial charge on any atom is 0.315 e. The minimum atomic E-state index is -0.0912. The van der Waals surface area contributed by atoms with Gasteiger partial charge in [-0.3, -0.25) is 0 Å². The second-order valence-corrected chi connectivity index (χ2v) is 6.78. The van der Waals surface area contributed by atoms with E-state index in [9.17, 15) is 4.79 Å². The van der Waals surface area contributed by atoms with Crippen molar-refractivity contribution in [3.05, 3.63) is 71.3 Å². The molecule has 2 amide bonds. The lowest BCUT2D eigenvalue weighted by Gasteiger charge is -2.35. The fraction of sp³-hybridized carbons (Fsp3) is 0.381. The lowest BCUT2D eigenvalue weighted by molar-refractivity contribution is 0.206. The topological polar surface area (TPSA) is 41.1 Å². The molecule has 2 aromatic carbocycles. The van der Waals surface area contributed by atoms with E-state index in [0.717, 1.165) is 5.56 Å². The van der Waals surface area contributed by atoms with Gasteiger partial charge in [0.25, 0.3) is 0 Å². The Bertz CT molecular complexity index is 679. The molecule has 2 unspecified atom stereocenters. The molecule has 3 nitrogen and oxygen atoms in total. The number of carbonyl (C=O) groups is 1. The molecule has 0 saturated heterocycles. The van der Waals surface area contributed by atoms with Crippen LogP contribution in [0.25, 0.3) is 0 Å². The van der Waals surface area contributed by atoms with E-state index in [2.05, 4.69) is 41.8 Å². The first-order valence-electron chi connectivity index (χ1n) is 8.82. The van der Waals surface area contributed by atoms with Crippen LogP contribution in [-0.2, 0) is 0 Å². The number of carbonyl (C=O) groups excluding carboxylic acids is 1. The fourth-order valence-corrected chi connectivity index (χ4v) is 3.44. The van der Waals surface area contributed by atoms with Gasteiger partial charge in [0.2, 0.25) is 0 Å². The summed E-state index contributed by atoms with van der Waals surface area (Å²) < 4.78 is 0. The molecule has 1 aliphatic carbocycles. The second kappa shape index (κ2) is 7.52. The molecule has 2 aromatic rings. The summed E-state index contributed by atoms with van der Waals surface area (Å²) in [6.07, 6.45) is 3.64. The molecule has 0 spiro atoms. The van der Waals surface area contributed by atoms with Gasteiger partial charge in [0.15, 0.2) is 0 Å².